The molecule has 3 heterocycles. The number of nitrogens with one attached hydrogen (secondary N) is 2. The van der Waals surface area contributed by atoms with Crippen LogP contribution in [0.15, 0.2) is 71.5 Å². The molecule has 2 aromatic heterocycles. The summed E-state index contributed by atoms with van der Waals surface area (Å²) in [6, 6.07) is 15.0. The Morgan fingerprint density at radius 1 is 1.21 bits per heavy atom. The van der Waals surface area contributed by atoms with Gasteiger partial charge in [-0.25, -0.2) is 4.39 Å². The van der Waals surface area contributed by atoms with Crippen LogP contribution in [0.1, 0.15) is 30.0 Å². The number of nitrogens with zero attached hydrogens (tertiary/aromatic N) is 2. The normalized spacial score (nSPS) is 18.5. The summed E-state index contributed by atoms with van der Waals surface area (Å²) in [5.74, 6) is -0.0391. The Labute approximate surface area is 172 Å². The van der Waals surface area contributed by atoms with E-state index in [1.807, 2.05) is 35.2 Å². The standard InChI is InChI=1S/C21H19FN4O2S/c22-14-6-1-2-7-15(14)24-18(27)10-12-26-20(17-9-5-13-28-17)19(25-21(26)29)16-8-3-4-11-23-16/h1-9,11,13,19-20H,10,12H2,(H,24,27)(H,25,29)/t19-,20+/m0/s1. The van der Waals surface area contributed by atoms with Crippen molar-refractivity contribution in [2.24, 2.45) is 0 Å². The van der Waals surface area contributed by atoms with Gasteiger partial charge in [-0.1, -0.05) is 18.2 Å². The first-order chi connectivity index (χ1) is 14.1. The molecule has 29 heavy (non-hydrogen) atoms. The molecule has 2 N–H and O–H groups in total. The lowest BCUT2D eigenvalue weighted by Crippen LogP contribution is -2.32. The molecule has 0 unspecified atom stereocenters. The second kappa shape index (κ2) is 8.40. The SMILES string of the molecule is O=C(CCN1C(=S)N[C@@H](c2ccccn2)[C@H]1c1ccco1)Nc1ccccc1F. The van der Waals surface area contributed by atoms with Crippen LogP contribution < -0.4 is 10.6 Å². The summed E-state index contributed by atoms with van der Waals surface area (Å²) >= 11 is 5.52. The highest BCUT2D eigenvalue weighted by Gasteiger charge is 2.41. The van der Waals surface area contributed by atoms with E-state index < -0.39 is 5.82 Å². The number of thiocarbonyl (C=S) groups is 1. The predicted octanol–water partition coefficient (Wildman–Crippen LogP) is 3.82. The molecule has 8 heteroatoms. The molecule has 2 atom stereocenters. The fourth-order valence-corrected chi connectivity index (χ4v) is 3.74. The number of hydrogen-bond donors (Lipinski definition) is 2. The van der Waals surface area contributed by atoms with Crippen molar-refractivity contribution in [2.75, 3.05) is 11.9 Å². The Morgan fingerprint density at radius 2 is 2.03 bits per heavy atom. The van der Waals surface area contributed by atoms with Crippen molar-refractivity contribution in [3.63, 3.8) is 0 Å². The highest BCUT2D eigenvalue weighted by molar-refractivity contribution is 7.80. The summed E-state index contributed by atoms with van der Waals surface area (Å²) in [5.41, 5.74) is 0.989. The third kappa shape index (κ3) is 4.12. The Hall–Kier alpha value is -3.26. The van der Waals surface area contributed by atoms with E-state index in [1.54, 1.807) is 24.6 Å². The van der Waals surface area contributed by atoms with Crippen LogP contribution in [0.4, 0.5) is 10.1 Å². The van der Waals surface area contributed by atoms with Crippen LogP contribution in [0.3, 0.4) is 0 Å². The van der Waals surface area contributed by atoms with E-state index in [4.69, 9.17) is 16.6 Å². The molecular weight excluding hydrogens is 391 g/mol. The molecule has 4 rings (SSSR count). The maximum Gasteiger partial charge on any atom is 0.226 e. The van der Waals surface area contributed by atoms with Crippen LogP contribution in [0.25, 0.3) is 0 Å². The number of rotatable bonds is 6. The van der Waals surface area contributed by atoms with Crippen molar-refractivity contribution in [3.05, 3.63) is 84.3 Å². The van der Waals surface area contributed by atoms with Gasteiger partial charge in [-0.3, -0.25) is 9.78 Å². The zero-order valence-electron chi connectivity index (χ0n) is 15.4. The van der Waals surface area contributed by atoms with Gasteiger partial charge in [0.15, 0.2) is 5.11 Å². The van der Waals surface area contributed by atoms with Gasteiger partial charge < -0.3 is 20.0 Å². The van der Waals surface area contributed by atoms with Gasteiger partial charge in [0, 0.05) is 19.2 Å². The summed E-state index contributed by atoms with van der Waals surface area (Å²) in [5, 5.41) is 6.40. The van der Waals surface area contributed by atoms with Crippen LogP contribution >= 0.6 is 12.2 Å². The van der Waals surface area contributed by atoms with Gasteiger partial charge in [0.05, 0.1) is 23.7 Å². The summed E-state index contributed by atoms with van der Waals surface area (Å²) in [6.45, 7) is 0.348. The van der Waals surface area contributed by atoms with Gasteiger partial charge >= 0.3 is 0 Å². The molecule has 1 aromatic carbocycles. The molecule has 0 spiro atoms. The number of hydrogen-bond acceptors (Lipinski definition) is 4. The number of carbonyl (C=O) groups is 1. The average molecular weight is 410 g/mol. The summed E-state index contributed by atoms with van der Waals surface area (Å²) < 4.78 is 19.4. The maximum absolute atomic E-state index is 13.8. The zero-order valence-corrected chi connectivity index (χ0v) is 16.2. The zero-order chi connectivity index (χ0) is 20.2. The minimum Gasteiger partial charge on any atom is -0.467 e. The summed E-state index contributed by atoms with van der Waals surface area (Å²) in [6.07, 6.45) is 3.47. The van der Waals surface area contributed by atoms with Gasteiger partial charge in [0.2, 0.25) is 5.91 Å². The molecule has 0 saturated carbocycles. The van der Waals surface area contributed by atoms with E-state index >= 15 is 0 Å². The van der Waals surface area contributed by atoms with Gasteiger partial charge in [-0.15, -0.1) is 0 Å². The van der Waals surface area contributed by atoms with Crippen LogP contribution in [-0.4, -0.2) is 27.4 Å². The van der Waals surface area contributed by atoms with Crippen molar-refractivity contribution in [3.8, 4) is 0 Å². The topological polar surface area (TPSA) is 70.4 Å². The molecule has 148 valence electrons. The smallest absolute Gasteiger partial charge is 0.226 e. The van der Waals surface area contributed by atoms with E-state index in [1.165, 1.54) is 12.1 Å². The monoisotopic (exact) mass is 410 g/mol. The number of amides is 1. The molecule has 0 bridgehead atoms. The fourth-order valence-electron chi connectivity index (χ4n) is 3.41. The van der Waals surface area contributed by atoms with E-state index in [0.29, 0.717) is 11.7 Å². The molecule has 1 fully saturated rings. The Morgan fingerprint density at radius 3 is 2.76 bits per heavy atom. The number of para-hydroxylation sites is 1. The molecule has 0 aliphatic carbocycles. The van der Waals surface area contributed by atoms with Gasteiger partial charge in [0.1, 0.15) is 17.6 Å². The largest absolute Gasteiger partial charge is 0.467 e. The van der Waals surface area contributed by atoms with Crippen molar-refractivity contribution in [2.45, 2.75) is 18.5 Å². The second-order valence-corrected chi connectivity index (χ2v) is 7.00. The van der Waals surface area contributed by atoms with Crippen LogP contribution in [0.2, 0.25) is 0 Å². The summed E-state index contributed by atoms with van der Waals surface area (Å²) in [7, 11) is 0. The van der Waals surface area contributed by atoms with Gasteiger partial charge in [-0.2, -0.15) is 0 Å². The molecule has 1 amide bonds. The predicted molar refractivity (Wildman–Crippen MR) is 111 cm³/mol. The van der Waals surface area contributed by atoms with Gasteiger partial charge in [0.25, 0.3) is 0 Å². The molecule has 1 saturated heterocycles. The maximum atomic E-state index is 13.8. The van der Waals surface area contributed by atoms with Crippen molar-refractivity contribution < 1.29 is 13.6 Å². The molecule has 3 aromatic rings. The molecule has 0 radical (unpaired) electrons. The highest BCUT2D eigenvalue weighted by atomic mass is 32.1. The van der Waals surface area contributed by atoms with Crippen molar-refractivity contribution in [1.82, 2.24) is 15.2 Å². The molecule has 6 nitrogen and oxygen atoms in total. The lowest BCUT2D eigenvalue weighted by Gasteiger charge is -2.25. The first kappa shape index (κ1) is 19.1. The molecule has 1 aliphatic heterocycles. The average Bonchev–Trinajstić information content (AvgIpc) is 3.36. The van der Waals surface area contributed by atoms with E-state index in [9.17, 15) is 9.18 Å². The fraction of sp³-hybridized carbons (Fsp3) is 0.190. The van der Waals surface area contributed by atoms with E-state index in [-0.39, 0.29) is 30.1 Å². The van der Waals surface area contributed by atoms with Crippen LogP contribution in [-0.2, 0) is 4.79 Å². The lowest BCUT2D eigenvalue weighted by atomic mass is 10.0. The Balaban J connectivity index is 1.50. The van der Waals surface area contributed by atoms with Crippen LogP contribution in [0, 0.1) is 5.82 Å². The number of anilines is 1. The number of pyridine rings is 1. The van der Waals surface area contributed by atoms with Crippen molar-refractivity contribution >= 4 is 28.9 Å². The molecular formula is C21H19FN4O2S. The van der Waals surface area contributed by atoms with Crippen LogP contribution in [0.5, 0.6) is 0 Å². The van der Waals surface area contributed by atoms with E-state index in [0.717, 1.165) is 11.5 Å². The number of carbonyl (C=O) groups excluding carboxylic acids is 1. The number of benzene rings is 1. The Bertz CT molecular complexity index is 997. The van der Waals surface area contributed by atoms with Gasteiger partial charge in [-0.05, 0) is 48.6 Å². The number of halogens is 1. The highest BCUT2D eigenvalue weighted by Crippen LogP contribution is 2.38. The third-order valence-corrected chi connectivity index (χ3v) is 5.11. The summed E-state index contributed by atoms with van der Waals surface area (Å²) in [4.78, 5) is 18.7. The third-order valence-electron chi connectivity index (χ3n) is 4.76. The quantitative estimate of drug-likeness (QED) is 0.602. The number of aromatic nitrogens is 1. The number of furan rings is 1. The minimum atomic E-state index is -0.470. The lowest BCUT2D eigenvalue weighted by molar-refractivity contribution is -0.116. The first-order valence-electron chi connectivity index (χ1n) is 9.19. The van der Waals surface area contributed by atoms with E-state index in [2.05, 4.69) is 15.6 Å². The second-order valence-electron chi connectivity index (χ2n) is 6.61. The van der Waals surface area contributed by atoms with Crippen molar-refractivity contribution in [1.29, 1.82) is 0 Å². The first-order valence-corrected chi connectivity index (χ1v) is 9.60. The minimum absolute atomic E-state index is 0.141. The Kier molecular flexibility index (Phi) is 5.53. The molecule has 1 aliphatic rings.